The number of thiophene rings is 1. The minimum Gasteiger partial charge on any atom is -0.207 e. The highest BCUT2D eigenvalue weighted by molar-refractivity contribution is 7.43. The van der Waals surface area contributed by atoms with Gasteiger partial charge in [0.05, 0.1) is 0 Å². The van der Waals surface area contributed by atoms with Crippen molar-refractivity contribution in [2.75, 3.05) is 0 Å². The van der Waals surface area contributed by atoms with Gasteiger partial charge in [0.15, 0.2) is 9.60 Å². The van der Waals surface area contributed by atoms with Crippen LogP contribution in [0, 0.1) is 11.6 Å². The van der Waals surface area contributed by atoms with E-state index in [9.17, 15) is 8.78 Å². The van der Waals surface area contributed by atoms with Crippen molar-refractivity contribution in [1.29, 1.82) is 0 Å². The Balaban J connectivity index is 2.24. The lowest BCUT2D eigenvalue weighted by molar-refractivity contribution is 0.628. The molecule has 0 saturated carbocycles. The summed E-state index contributed by atoms with van der Waals surface area (Å²) < 4.78 is 27.3. The molecule has 0 saturated heterocycles. The van der Waals surface area contributed by atoms with Crippen LogP contribution < -0.4 is 0 Å². The van der Waals surface area contributed by atoms with E-state index in [4.69, 9.17) is 0 Å². The molecule has 1 unspecified atom stereocenters. The topological polar surface area (TPSA) is 0 Å². The van der Waals surface area contributed by atoms with Gasteiger partial charge in [-0.25, -0.2) is 8.78 Å². The van der Waals surface area contributed by atoms with E-state index in [0.717, 1.165) is 15.0 Å². The summed E-state index contributed by atoms with van der Waals surface area (Å²) in [5.74, 6) is -0.475. The van der Waals surface area contributed by atoms with E-state index in [2.05, 4.69) is 0 Å². The van der Waals surface area contributed by atoms with E-state index in [1.54, 1.807) is 12.1 Å². The Hall–Kier alpha value is -1.74. The Bertz CT molecular complexity index is 686. The maximum Gasteiger partial charge on any atom is 0.186 e. The average Bonchev–Trinajstić information content (AvgIpc) is 2.71. The van der Waals surface area contributed by atoms with Gasteiger partial charge in [-0.05, 0) is 24.3 Å². The van der Waals surface area contributed by atoms with Crippen LogP contribution in [0.2, 0.25) is 0 Å². The van der Waals surface area contributed by atoms with Crippen LogP contribution in [0.25, 0.3) is 15.0 Å². The molecule has 0 amide bonds. The molecule has 0 nitrogen and oxygen atoms in total. The molecule has 0 bridgehead atoms. The van der Waals surface area contributed by atoms with Gasteiger partial charge in [-0.3, -0.25) is 0 Å². The van der Waals surface area contributed by atoms with Gasteiger partial charge in [0.1, 0.15) is 17.0 Å². The van der Waals surface area contributed by atoms with Gasteiger partial charge in [-0.1, -0.05) is 6.07 Å². The number of hydrogen-bond acceptors (Lipinski definition) is 0. The molecular weight excluding hydrogens is 238 g/mol. The van der Waals surface area contributed by atoms with E-state index in [0.29, 0.717) is 0 Å². The zero-order valence-electron chi connectivity index (χ0n) is 8.86. The van der Waals surface area contributed by atoms with Crippen LogP contribution in [0.3, 0.4) is 0 Å². The van der Waals surface area contributed by atoms with Crippen LogP contribution in [0.5, 0.6) is 0 Å². The summed E-state index contributed by atoms with van der Waals surface area (Å²) in [4.78, 5) is 0.923. The van der Waals surface area contributed by atoms with E-state index >= 15 is 0 Å². The van der Waals surface area contributed by atoms with Crippen molar-refractivity contribution in [1.82, 2.24) is 0 Å². The van der Waals surface area contributed by atoms with Crippen molar-refractivity contribution in [2.45, 2.75) is 0 Å². The minimum absolute atomic E-state index is 0.237. The zero-order valence-corrected chi connectivity index (χ0v) is 9.68. The second kappa shape index (κ2) is 3.93. The molecule has 1 atom stereocenters. The molecule has 0 N–H and O–H groups in total. The molecule has 3 rings (SSSR count). The molecule has 0 radical (unpaired) electrons. The van der Waals surface area contributed by atoms with Gasteiger partial charge < -0.3 is 0 Å². The van der Waals surface area contributed by atoms with E-state index in [1.807, 2.05) is 17.5 Å². The second-order valence-corrected chi connectivity index (χ2v) is 5.64. The summed E-state index contributed by atoms with van der Waals surface area (Å²) in [5, 5.41) is 2.89. The number of halogens is 2. The van der Waals surface area contributed by atoms with Gasteiger partial charge in [0, 0.05) is 34.1 Å². The van der Waals surface area contributed by atoms with Gasteiger partial charge in [0.25, 0.3) is 0 Å². The largest absolute Gasteiger partial charge is 0.207 e. The van der Waals surface area contributed by atoms with Crippen LogP contribution >= 0.6 is 10.5 Å². The van der Waals surface area contributed by atoms with Crippen molar-refractivity contribution in [3.05, 3.63) is 65.5 Å². The molecule has 0 aliphatic carbocycles. The first kappa shape index (κ1) is 10.4. The van der Waals surface area contributed by atoms with Crippen molar-refractivity contribution in [3.63, 3.8) is 0 Å². The second-order valence-electron chi connectivity index (χ2n) is 3.78. The monoisotopic (exact) mass is 247 g/mol. The molecule has 3 aromatic rings. The summed E-state index contributed by atoms with van der Waals surface area (Å²) in [7, 11) is -0.271. The fraction of sp³-hybridized carbons (Fsp3) is 0. The van der Waals surface area contributed by atoms with Crippen molar-refractivity contribution in [3.8, 4) is 4.90 Å². The van der Waals surface area contributed by atoms with E-state index < -0.39 is 0 Å². The summed E-state index contributed by atoms with van der Waals surface area (Å²) in [6.07, 6.45) is 0. The summed E-state index contributed by atoms with van der Waals surface area (Å²) in [5.41, 5.74) is 0. The molecule has 0 aliphatic rings. The highest BCUT2D eigenvalue weighted by atomic mass is 32.2. The molecule has 3 heteroatoms. The zero-order chi connectivity index (χ0) is 11.8. The third kappa shape index (κ3) is 1.83. The Morgan fingerprint density at radius 1 is 0.824 bits per heavy atom. The predicted molar refractivity (Wildman–Crippen MR) is 67.7 cm³/mol. The molecule has 84 valence electrons. The maximum absolute atomic E-state index is 13.2. The van der Waals surface area contributed by atoms with Gasteiger partial charge in [0.2, 0.25) is 0 Å². The van der Waals surface area contributed by atoms with E-state index in [-0.39, 0.29) is 22.1 Å². The third-order valence-electron chi connectivity index (χ3n) is 2.64. The molecule has 0 spiro atoms. The fourth-order valence-electron chi connectivity index (χ4n) is 1.87. The molecule has 0 fully saturated rings. The maximum atomic E-state index is 13.2. The molecule has 1 aromatic heterocycles. The Morgan fingerprint density at radius 3 is 2.47 bits per heavy atom. The highest BCUT2D eigenvalue weighted by Gasteiger charge is 2.16. The van der Waals surface area contributed by atoms with Crippen LogP contribution in [0.1, 0.15) is 0 Å². The van der Waals surface area contributed by atoms with Gasteiger partial charge >= 0.3 is 0 Å². The average molecular weight is 247 g/mol. The lowest BCUT2D eigenvalue weighted by atomic mass is 10.3. The van der Waals surface area contributed by atoms with Crippen LogP contribution in [0.4, 0.5) is 8.78 Å². The Morgan fingerprint density at radius 2 is 1.65 bits per heavy atom. The normalized spacial score (nSPS) is 12.0. The lowest BCUT2D eigenvalue weighted by Gasteiger charge is -1.92. The summed E-state index contributed by atoms with van der Waals surface area (Å²) in [6, 6.07) is 13.2. The van der Waals surface area contributed by atoms with Crippen LogP contribution in [-0.4, -0.2) is 0 Å². The number of benzene rings is 2. The first-order valence-electron chi connectivity index (χ1n) is 5.20. The van der Waals surface area contributed by atoms with Crippen molar-refractivity contribution in [2.24, 2.45) is 0 Å². The minimum atomic E-state index is -0.271. The fourth-order valence-corrected chi connectivity index (χ4v) is 3.77. The van der Waals surface area contributed by atoms with Gasteiger partial charge in [-0.15, -0.1) is 0 Å². The molecule has 2 aromatic carbocycles. The van der Waals surface area contributed by atoms with Gasteiger partial charge in [-0.2, -0.15) is 0 Å². The molecule has 1 heterocycles. The predicted octanol–water partition coefficient (Wildman–Crippen LogP) is 4.86. The lowest BCUT2D eigenvalue weighted by Crippen LogP contribution is -1.74. The smallest absolute Gasteiger partial charge is 0.186 e. The standard InChI is InChI=1S/C14H9F2S/c15-11-2-1-3-13(9-11)17-7-6-10-8-12(16)4-5-14(10)17/h1-9H/q+1. The first-order chi connectivity index (χ1) is 8.24. The van der Waals surface area contributed by atoms with E-state index in [1.165, 1.54) is 24.3 Å². The molecule has 17 heavy (non-hydrogen) atoms. The Labute approximate surface area is 100 Å². The van der Waals surface area contributed by atoms with Crippen LogP contribution in [-0.2, 0) is 0 Å². The number of hydrogen-bond donors (Lipinski definition) is 0. The number of fused-ring (bicyclic) bond motifs is 1. The number of rotatable bonds is 1. The SMILES string of the molecule is Fc1cccc(-[s+]2ccc3cc(F)ccc32)c1. The molecular formula is C14H9F2S+. The molecule has 0 aliphatic heterocycles. The first-order valence-corrected chi connectivity index (χ1v) is 6.49. The van der Waals surface area contributed by atoms with Crippen molar-refractivity contribution < 1.29 is 8.78 Å². The third-order valence-corrected chi connectivity index (χ3v) is 4.66. The summed E-state index contributed by atoms with van der Waals surface area (Å²) in [6.45, 7) is 0. The van der Waals surface area contributed by atoms with Crippen molar-refractivity contribution >= 4 is 20.6 Å². The highest BCUT2D eigenvalue weighted by Crippen LogP contribution is 2.39. The Kier molecular flexibility index (Phi) is 2.41. The summed E-state index contributed by atoms with van der Waals surface area (Å²) >= 11 is 0. The quantitative estimate of drug-likeness (QED) is 0.539. The van der Waals surface area contributed by atoms with Crippen LogP contribution in [0.15, 0.2) is 53.9 Å².